The molecule has 0 bridgehead atoms. The van der Waals surface area contributed by atoms with Gasteiger partial charge in [-0.05, 0) is 49.5 Å². The summed E-state index contributed by atoms with van der Waals surface area (Å²) in [4.78, 5) is 2.42. The summed E-state index contributed by atoms with van der Waals surface area (Å²) in [5, 5.41) is 0. The second-order valence-corrected chi connectivity index (χ2v) is 6.63. The fourth-order valence-corrected chi connectivity index (χ4v) is 3.35. The maximum Gasteiger partial charge on any atom is 0.0230 e. The monoisotopic (exact) mass is 310 g/mol. The Balaban J connectivity index is 1.91. The first-order valence-corrected chi connectivity index (χ1v) is 7.56. The third-order valence-electron chi connectivity index (χ3n) is 4.07. The lowest BCUT2D eigenvalue weighted by Crippen LogP contribution is -2.39. The normalized spacial score (nSPS) is 18.4. The molecule has 0 atom stereocenters. The highest BCUT2D eigenvalue weighted by atomic mass is 79.9. The maximum atomic E-state index is 6.00. The van der Waals surface area contributed by atoms with Gasteiger partial charge < -0.3 is 10.6 Å². The Morgan fingerprint density at radius 2 is 1.83 bits per heavy atom. The summed E-state index contributed by atoms with van der Waals surface area (Å²) in [6.45, 7) is 2.96. The van der Waals surface area contributed by atoms with Gasteiger partial charge in [0, 0.05) is 17.6 Å². The van der Waals surface area contributed by atoms with Crippen LogP contribution in [-0.2, 0) is 6.54 Å². The van der Waals surface area contributed by atoms with Crippen molar-refractivity contribution in [2.45, 2.75) is 32.2 Å². The van der Waals surface area contributed by atoms with Crippen LogP contribution >= 0.6 is 15.9 Å². The van der Waals surface area contributed by atoms with Gasteiger partial charge in [0.05, 0.1) is 0 Å². The van der Waals surface area contributed by atoms with Crippen LogP contribution in [0, 0.1) is 5.41 Å². The predicted molar refractivity (Wildman–Crippen MR) is 80.4 cm³/mol. The topological polar surface area (TPSA) is 29.3 Å². The van der Waals surface area contributed by atoms with Gasteiger partial charge in [-0.15, -0.1) is 0 Å². The average molecular weight is 311 g/mol. The zero-order valence-electron chi connectivity index (χ0n) is 11.2. The highest BCUT2D eigenvalue weighted by Crippen LogP contribution is 2.37. The third kappa shape index (κ3) is 3.56. The minimum Gasteiger partial charge on any atom is -0.330 e. The molecule has 0 aliphatic heterocycles. The van der Waals surface area contributed by atoms with Crippen LogP contribution in [0.25, 0.3) is 0 Å². The number of rotatable bonds is 5. The van der Waals surface area contributed by atoms with Crippen molar-refractivity contribution in [1.29, 1.82) is 0 Å². The van der Waals surface area contributed by atoms with Crippen molar-refractivity contribution in [1.82, 2.24) is 4.90 Å². The average Bonchev–Trinajstić information content (AvgIpc) is 2.81. The molecule has 18 heavy (non-hydrogen) atoms. The van der Waals surface area contributed by atoms with Crippen LogP contribution in [0.5, 0.6) is 0 Å². The predicted octanol–water partition coefficient (Wildman–Crippen LogP) is 3.40. The lowest BCUT2D eigenvalue weighted by molar-refractivity contribution is 0.179. The van der Waals surface area contributed by atoms with Crippen molar-refractivity contribution in [3.05, 3.63) is 34.3 Å². The number of benzene rings is 1. The molecule has 100 valence electrons. The van der Waals surface area contributed by atoms with E-state index in [9.17, 15) is 0 Å². The summed E-state index contributed by atoms with van der Waals surface area (Å²) in [7, 11) is 2.21. The van der Waals surface area contributed by atoms with Gasteiger partial charge >= 0.3 is 0 Å². The molecule has 0 unspecified atom stereocenters. The molecule has 0 aromatic heterocycles. The maximum absolute atomic E-state index is 6.00. The molecule has 2 nitrogen and oxygen atoms in total. The lowest BCUT2D eigenvalue weighted by atomic mass is 9.86. The second kappa shape index (κ2) is 6.18. The van der Waals surface area contributed by atoms with E-state index in [-0.39, 0.29) is 0 Å². The van der Waals surface area contributed by atoms with Crippen LogP contribution in [0.2, 0.25) is 0 Å². The summed E-state index contributed by atoms with van der Waals surface area (Å²) < 4.78 is 1.14. The molecule has 0 amide bonds. The quantitative estimate of drug-likeness (QED) is 0.903. The van der Waals surface area contributed by atoms with Crippen LogP contribution in [0.15, 0.2) is 28.7 Å². The van der Waals surface area contributed by atoms with Gasteiger partial charge in [0.15, 0.2) is 0 Å². The molecule has 0 heterocycles. The van der Waals surface area contributed by atoms with E-state index in [0.29, 0.717) is 5.41 Å². The van der Waals surface area contributed by atoms with E-state index in [1.807, 2.05) is 0 Å². The Kier molecular flexibility index (Phi) is 4.82. The first-order valence-electron chi connectivity index (χ1n) is 6.77. The molecule has 3 heteroatoms. The standard InChI is InChI=1S/C15H23BrN2/c1-18(10-13-4-6-14(16)7-5-13)12-15(11-17)8-2-3-9-15/h4-7H,2-3,8-12,17H2,1H3. The SMILES string of the molecule is CN(Cc1ccc(Br)cc1)CC1(CN)CCCC1. The number of hydrogen-bond donors (Lipinski definition) is 1. The minimum absolute atomic E-state index is 0.379. The van der Waals surface area contributed by atoms with Gasteiger partial charge in [-0.1, -0.05) is 40.9 Å². The Hall–Kier alpha value is -0.380. The molecule has 2 rings (SSSR count). The van der Waals surface area contributed by atoms with Gasteiger partial charge in [0.25, 0.3) is 0 Å². The fraction of sp³-hybridized carbons (Fsp3) is 0.600. The molecule has 0 radical (unpaired) electrons. The van der Waals surface area contributed by atoms with E-state index in [2.05, 4.69) is 52.1 Å². The largest absolute Gasteiger partial charge is 0.330 e. The van der Waals surface area contributed by atoms with Gasteiger partial charge in [-0.25, -0.2) is 0 Å². The zero-order valence-corrected chi connectivity index (χ0v) is 12.7. The Labute approximate surface area is 119 Å². The lowest BCUT2D eigenvalue weighted by Gasteiger charge is -2.32. The van der Waals surface area contributed by atoms with Gasteiger partial charge in [-0.3, -0.25) is 0 Å². The van der Waals surface area contributed by atoms with E-state index in [0.717, 1.165) is 24.1 Å². The van der Waals surface area contributed by atoms with Crippen LogP contribution in [0.1, 0.15) is 31.2 Å². The fourth-order valence-electron chi connectivity index (χ4n) is 3.08. The number of halogens is 1. The molecule has 1 aliphatic rings. The van der Waals surface area contributed by atoms with Crippen LogP contribution in [0.4, 0.5) is 0 Å². The van der Waals surface area contributed by atoms with Crippen molar-refractivity contribution in [2.75, 3.05) is 20.1 Å². The molecule has 1 saturated carbocycles. The van der Waals surface area contributed by atoms with Gasteiger partial charge in [0.2, 0.25) is 0 Å². The zero-order chi connectivity index (χ0) is 13.0. The van der Waals surface area contributed by atoms with E-state index in [1.165, 1.54) is 31.2 Å². The summed E-state index contributed by atoms with van der Waals surface area (Å²) in [6.07, 6.45) is 5.30. The number of nitrogens with two attached hydrogens (primary N) is 1. The Morgan fingerprint density at radius 1 is 1.22 bits per heavy atom. The summed E-state index contributed by atoms with van der Waals surface area (Å²) in [5.74, 6) is 0. The van der Waals surface area contributed by atoms with Gasteiger partial charge in [0.1, 0.15) is 0 Å². The van der Waals surface area contributed by atoms with Gasteiger partial charge in [-0.2, -0.15) is 0 Å². The molecule has 1 aromatic carbocycles. The summed E-state index contributed by atoms with van der Waals surface area (Å²) in [6, 6.07) is 8.59. The van der Waals surface area contributed by atoms with Crippen molar-refractivity contribution in [3.8, 4) is 0 Å². The van der Waals surface area contributed by atoms with Crippen molar-refractivity contribution < 1.29 is 0 Å². The molecule has 0 spiro atoms. The highest BCUT2D eigenvalue weighted by molar-refractivity contribution is 9.10. The number of hydrogen-bond acceptors (Lipinski definition) is 2. The van der Waals surface area contributed by atoms with E-state index < -0.39 is 0 Å². The minimum atomic E-state index is 0.379. The van der Waals surface area contributed by atoms with Crippen molar-refractivity contribution in [2.24, 2.45) is 11.1 Å². The molecule has 1 fully saturated rings. The van der Waals surface area contributed by atoms with Crippen LogP contribution in [0.3, 0.4) is 0 Å². The van der Waals surface area contributed by atoms with Crippen LogP contribution in [-0.4, -0.2) is 25.0 Å². The molecule has 1 aromatic rings. The second-order valence-electron chi connectivity index (χ2n) is 5.71. The molecular weight excluding hydrogens is 288 g/mol. The van der Waals surface area contributed by atoms with Crippen molar-refractivity contribution in [3.63, 3.8) is 0 Å². The van der Waals surface area contributed by atoms with E-state index in [1.54, 1.807) is 0 Å². The van der Waals surface area contributed by atoms with E-state index in [4.69, 9.17) is 5.73 Å². The molecule has 1 aliphatic carbocycles. The van der Waals surface area contributed by atoms with Crippen molar-refractivity contribution >= 4 is 15.9 Å². The molecule has 0 saturated heterocycles. The van der Waals surface area contributed by atoms with Crippen LogP contribution < -0.4 is 5.73 Å². The summed E-state index contributed by atoms with van der Waals surface area (Å²) in [5.41, 5.74) is 7.74. The Bertz CT molecular complexity index is 369. The Morgan fingerprint density at radius 3 is 2.39 bits per heavy atom. The third-order valence-corrected chi connectivity index (χ3v) is 4.60. The molecular formula is C15H23BrN2. The first-order chi connectivity index (χ1) is 8.63. The smallest absolute Gasteiger partial charge is 0.0230 e. The van der Waals surface area contributed by atoms with E-state index >= 15 is 0 Å². The summed E-state index contributed by atoms with van der Waals surface area (Å²) >= 11 is 3.47. The number of nitrogens with zero attached hydrogens (tertiary/aromatic N) is 1. The molecule has 2 N–H and O–H groups in total. The highest BCUT2D eigenvalue weighted by Gasteiger charge is 2.33. The first kappa shape index (κ1) is 14.0.